The van der Waals surface area contributed by atoms with E-state index in [1.54, 1.807) is 0 Å². The molecular weight excluding hydrogens is 138 g/mol. The summed E-state index contributed by atoms with van der Waals surface area (Å²) in [4.78, 5) is 3.69. The van der Waals surface area contributed by atoms with Gasteiger partial charge in [0.15, 0.2) is 0 Å². The monoisotopic (exact) mass is 143 g/mol. The second-order valence-electron chi connectivity index (χ2n) is 1.21. The van der Waals surface area contributed by atoms with Crippen LogP contribution in [-0.4, -0.2) is 10.1 Å². The van der Waals surface area contributed by atoms with Crippen LogP contribution in [0.25, 0.3) is 0 Å². The Morgan fingerprint density at radius 3 is 2.00 bits per heavy atom. The molecule has 0 amide bonds. The van der Waals surface area contributed by atoms with E-state index in [0.717, 1.165) is 0 Å². The molecule has 0 atom stereocenters. The first-order valence-corrected chi connectivity index (χ1v) is 1.98. The summed E-state index contributed by atoms with van der Waals surface area (Å²) in [6, 6.07) is 3.06. The second-order valence-corrected chi connectivity index (χ2v) is 1.21. The summed E-state index contributed by atoms with van der Waals surface area (Å²) in [7, 11) is 0. The molecule has 40 valence electrons. The Labute approximate surface area is 62.5 Å². The largest absolute Gasteiger partial charge is 0.508 e. The average molecular weight is 143 g/mol. The minimum absolute atomic E-state index is 0. The van der Waals surface area contributed by atoms with Gasteiger partial charge in [-0.1, -0.05) is 0 Å². The molecule has 0 aliphatic carbocycles. The van der Waals surface area contributed by atoms with Gasteiger partial charge in [0.05, 0.1) is 0 Å². The molecule has 0 spiro atoms. The molecule has 0 aromatic carbocycles. The SMILES string of the molecule is Oc1ccncc1.[Ti]. The Morgan fingerprint density at radius 2 is 1.75 bits per heavy atom. The third-order valence-corrected chi connectivity index (χ3v) is 0.663. The molecule has 0 saturated carbocycles. The van der Waals surface area contributed by atoms with E-state index in [4.69, 9.17) is 5.11 Å². The molecule has 1 aromatic rings. The standard InChI is InChI=1S/C5H5NO.Ti/c7-5-1-3-6-4-2-5;/h1-4H,(H,6,7);. The van der Waals surface area contributed by atoms with E-state index >= 15 is 0 Å². The van der Waals surface area contributed by atoms with Gasteiger partial charge in [-0.3, -0.25) is 4.98 Å². The fraction of sp³-hybridized carbons (Fsp3) is 0. The van der Waals surface area contributed by atoms with Crippen molar-refractivity contribution in [2.45, 2.75) is 0 Å². The molecule has 1 rings (SSSR count). The number of nitrogens with zero attached hydrogens (tertiary/aromatic N) is 1. The van der Waals surface area contributed by atoms with Crippen LogP contribution in [0, 0.1) is 0 Å². The van der Waals surface area contributed by atoms with E-state index in [1.165, 1.54) is 24.5 Å². The van der Waals surface area contributed by atoms with E-state index in [1.807, 2.05) is 0 Å². The predicted octanol–water partition coefficient (Wildman–Crippen LogP) is 0.785. The van der Waals surface area contributed by atoms with E-state index in [9.17, 15) is 0 Å². The van der Waals surface area contributed by atoms with E-state index < -0.39 is 0 Å². The molecule has 0 bridgehead atoms. The van der Waals surface area contributed by atoms with E-state index in [0.29, 0.717) is 0 Å². The van der Waals surface area contributed by atoms with Crippen molar-refractivity contribution in [2.75, 3.05) is 0 Å². The Hall–Kier alpha value is -0.336. The van der Waals surface area contributed by atoms with Crippen LogP contribution in [0.4, 0.5) is 0 Å². The number of hydrogen-bond acceptors (Lipinski definition) is 2. The maximum Gasteiger partial charge on any atom is 0.118 e. The Kier molecular flexibility index (Phi) is 3.49. The van der Waals surface area contributed by atoms with Crippen molar-refractivity contribution in [1.82, 2.24) is 4.98 Å². The zero-order chi connectivity index (χ0) is 5.11. The van der Waals surface area contributed by atoms with Crippen LogP contribution in [0.15, 0.2) is 24.5 Å². The molecule has 1 N–H and O–H groups in total. The molecule has 8 heavy (non-hydrogen) atoms. The summed E-state index contributed by atoms with van der Waals surface area (Å²) in [5, 5.41) is 8.59. The first-order chi connectivity index (χ1) is 3.39. The molecule has 0 unspecified atom stereocenters. The van der Waals surface area contributed by atoms with Gasteiger partial charge >= 0.3 is 0 Å². The normalized spacial score (nSPS) is 7.50. The van der Waals surface area contributed by atoms with Gasteiger partial charge in [-0.15, -0.1) is 0 Å². The molecule has 3 heteroatoms. The summed E-state index contributed by atoms with van der Waals surface area (Å²) in [6.07, 6.45) is 3.07. The molecule has 0 fully saturated rings. The fourth-order valence-corrected chi connectivity index (χ4v) is 0.344. The van der Waals surface area contributed by atoms with Gasteiger partial charge in [-0.05, 0) is 12.1 Å². The summed E-state index contributed by atoms with van der Waals surface area (Å²) in [5.41, 5.74) is 0. The van der Waals surface area contributed by atoms with Crippen LogP contribution in [0.5, 0.6) is 5.75 Å². The average Bonchev–Trinajstić information content (AvgIpc) is 1.69. The van der Waals surface area contributed by atoms with Crippen molar-refractivity contribution in [2.24, 2.45) is 0 Å². The first kappa shape index (κ1) is 7.66. The molecule has 2 nitrogen and oxygen atoms in total. The zero-order valence-electron chi connectivity index (χ0n) is 4.20. The number of rotatable bonds is 0. The molecular formula is C5H5NOTi. The summed E-state index contributed by atoms with van der Waals surface area (Å²) in [6.45, 7) is 0. The second kappa shape index (κ2) is 3.64. The maximum absolute atomic E-state index is 8.59. The van der Waals surface area contributed by atoms with Gasteiger partial charge in [0.25, 0.3) is 0 Å². The van der Waals surface area contributed by atoms with Crippen LogP contribution < -0.4 is 0 Å². The van der Waals surface area contributed by atoms with Gasteiger partial charge in [-0.25, -0.2) is 0 Å². The Balaban J connectivity index is 0.000000490. The molecule has 0 aliphatic heterocycles. The molecule has 0 aliphatic rings. The predicted molar refractivity (Wildman–Crippen MR) is 25.9 cm³/mol. The quantitative estimate of drug-likeness (QED) is 0.544. The minimum atomic E-state index is 0. The van der Waals surface area contributed by atoms with Crippen molar-refractivity contribution in [3.63, 3.8) is 0 Å². The third kappa shape index (κ3) is 2.10. The Morgan fingerprint density at radius 1 is 1.25 bits per heavy atom. The number of aromatic hydroxyl groups is 1. The van der Waals surface area contributed by atoms with Crippen LogP contribution in [-0.2, 0) is 21.7 Å². The van der Waals surface area contributed by atoms with Crippen LogP contribution in [0.2, 0.25) is 0 Å². The van der Waals surface area contributed by atoms with Crippen LogP contribution in [0.1, 0.15) is 0 Å². The van der Waals surface area contributed by atoms with Gasteiger partial charge in [-0.2, -0.15) is 0 Å². The van der Waals surface area contributed by atoms with Gasteiger partial charge < -0.3 is 5.11 Å². The van der Waals surface area contributed by atoms with E-state index in [2.05, 4.69) is 4.98 Å². The Bertz CT molecular complexity index is 142. The van der Waals surface area contributed by atoms with Crippen molar-refractivity contribution in [1.29, 1.82) is 0 Å². The van der Waals surface area contributed by atoms with Crippen molar-refractivity contribution < 1.29 is 26.8 Å². The van der Waals surface area contributed by atoms with Crippen molar-refractivity contribution in [3.8, 4) is 5.75 Å². The summed E-state index contributed by atoms with van der Waals surface area (Å²) >= 11 is 0. The smallest absolute Gasteiger partial charge is 0.118 e. The first-order valence-electron chi connectivity index (χ1n) is 1.98. The van der Waals surface area contributed by atoms with E-state index in [-0.39, 0.29) is 27.5 Å². The number of hydrogen-bond donors (Lipinski definition) is 1. The molecule has 0 radical (unpaired) electrons. The fourth-order valence-electron chi connectivity index (χ4n) is 0.344. The van der Waals surface area contributed by atoms with Gasteiger partial charge in [0, 0.05) is 34.1 Å². The summed E-state index contributed by atoms with van der Waals surface area (Å²) in [5.74, 6) is 0.259. The van der Waals surface area contributed by atoms with Crippen molar-refractivity contribution >= 4 is 0 Å². The summed E-state index contributed by atoms with van der Waals surface area (Å²) < 4.78 is 0. The van der Waals surface area contributed by atoms with Crippen molar-refractivity contribution in [3.05, 3.63) is 24.5 Å². The van der Waals surface area contributed by atoms with Gasteiger partial charge in [0.2, 0.25) is 0 Å². The van der Waals surface area contributed by atoms with Crippen LogP contribution >= 0.6 is 0 Å². The number of pyridine rings is 1. The van der Waals surface area contributed by atoms with Gasteiger partial charge in [0.1, 0.15) is 5.75 Å². The third-order valence-electron chi connectivity index (χ3n) is 0.663. The zero-order valence-corrected chi connectivity index (χ0v) is 5.77. The minimum Gasteiger partial charge on any atom is -0.508 e. The number of aromatic nitrogens is 1. The van der Waals surface area contributed by atoms with Crippen LogP contribution in [0.3, 0.4) is 0 Å². The molecule has 1 aromatic heterocycles. The molecule has 0 saturated heterocycles. The topological polar surface area (TPSA) is 33.1 Å². The maximum atomic E-state index is 8.59. The molecule has 1 heterocycles.